The van der Waals surface area contributed by atoms with E-state index in [1.54, 1.807) is 6.07 Å². The van der Waals surface area contributed by atoms with Gasteiger partial charge in [-0.3, -0.25) is 0 Å². The quantitative estimate of drug-likeness (QED) is 0.633. The Kier molecular flexibility index (Phi) is 6.48. The molecule has 1 aromatic rings. The Bertz CT molecular complexity index is 368. The summed E-state index contributed by atoms with van der Waals surface area (Å²) in [6.07, 6.45) is 3.29. The second kappa shape index (κ2) is 7.63. The van der Waals surface area contributed by atoms with Crippen LogP contribution in [0.2, 0.25) is 0 Å². The van der Waals surface area contributed by atoms with Crippen molar-refractivity contribution < 1.29 is 4.39 Å². The molecule has 0 spiro atoms. The molecular weight excluding hydrogens is 249 g/mol. The Morgan fingerprint density at radius 2 is 2.06 bits per heavy atom. The summed E-state index contributed by atoms with van der Waals surface area (Å²) < 4.78 is 13.8. The van der Waals surface area contributed by atoms with E-state index in [4.69, 9.17) is 11.6 Å². The van der Waals surface area contributed by atoms with Gasteiger partial charge in [-0.1, -0.05) is 26.3 Å². The number of anilines is 1. The SMILES string of the molecule is CCCCN(c1cccc(F)c1CCl)C(C)CC. The zero-order valence-corrected chi connectivity index (χ0v) is 12.3. The average Bonchev–Trinajstić information content (AvgIpc) is 2.39. The van der Waals surface area contributed by atoms with Gasteiger partial charge in [0.1, 0.15) is 5.82 Å². The van der Waals surface area contributed by atoms with Gasteiger partial charge in [0.25, 0.3) is 0 Å². The monoisotopic (exact) mass is 271 g/mol. The molecule has 0 saturated carbocycles. The van der Waals surface area contributed by atoms with E-state index >= 15 is 0 Å². The molecule has 18 heavy (non-hydrogen) atoms. The van der Waals surface area contributed by atoms with Gasteiger partial charge in [-0.15, -0.1) is 11.6 Å². The topological polar surface area (TPSA) is 3.24 Å². The van der Waals surface area contributed by atoms with E-state index in [0.717, 1.165) is 31.5 Å². The third-order valence-electron chi connectivity index (χ3n) is 3.41. The Balaban J connectivity index is 3.07. The van der Waals surface area contributed by atoms with Crippen LogP contribution in [0.15, 0.2) is 18.2 Å². The van der Waals surface area contributed by atoms with Crippen molar-refractivity contribution >= 4 is 17.3 Å². The first kappa shape index (κ1) is 15.3. The van der Waals surface area contributed by atoms with Crippen LogP contribution < -0.4 is 4.90 Å². The minimum absolute atomic E-state index is 0.202. The van der Waals surface area contributed by atoms with Gasteiger partial charge in [0, 0.05) is 23.8 Å². The van der Waals surface area contributed by atoms with E-state index in [-0.39, 0.29) is 11.7 Å². The van der Waals surface area contributed by atoms with E-state index in [1.165, 1.54) is 6.07 Å². The van der Waals surface area contributed by atoms with Crippen LogP contribution in [0, 0.1) is 5.82 Å². The normalized spacial score (nSPS) is 12.5. The van der Waals surface area contributed by atoms with Crippen molar-refractivity contribution in [1.29, 1.82) is 0 Å². The van der Waals surface area contributed by atoms with Crippen molar-refractivity contribution in [3.05, 3.63) is 29.6 Å². The Morgan fingerprint density at radius 1 is 1.33 bits per heavy atom. The third-order valence-corrected chi connectivity index (χ3v) is 3.68. The molecule has 3 heteroatoms. The standard InChI is InChI=1S/C15H23ClFN/c1-4-6-10-18(12(3)5-2)15-9-7-8-14(17)13(15)11-16/h7-9,12H,4-6,10-11H2,1-3H3. The molecule has 0 N–H and O–H groups in total. The van der Waals surface area contributed by atoms with Crippen LogP contribution >= 0.6 is 11.6 Å². The van der Waals surface area contributed by atoms with Gasteiger partial charge >= 0.3 is 0 Å². The highest BCUT2D eigenvalue weighted by molar-refractivity contribution is 6.17. The Morgan fingerprint density at radius 3 is 2.61 bits per heavy atom. The molecule has 0 amide bonds. The van der Waals surface area contributed by atoms with Crippen LogP contribution in [0.25, 0.3) is 0 Å². The molecule has 1 atom stereocenters. The van der Waals surface area contributed by atoms with E-state index in [2.05, 4.69) is 25.7 Å². The molecule has 0 aliphatic rings. The molecule has 102 valence electrons. The molecule has 0 aromatic heterocycles. The third kappa shape index (κ3) is 3.61. The molecule has 0 heterocycles. The maximum absolute atomic E-state index is 13.8. The summed E-state index contributed by atoms with van der Waals surface area (Å²) in [5.41, 5.74) is 1.57. The summed E-state index contributed by atoms with van der Waals surface area (Å²) >= 11 is 5.90. The first-order chi connectivity index (χ1) is 8.65. The molecule has 0 bridgehead atoms. The fourth-order valence-corrected chi connectivity index (χ4v) is 2.34. The number of hydrogen-bond acceptors (Lipinski definition) is 1. The molecule has 1 rings (SSSR count). The number of hydrogen-bond donors (Lipinski definition) is 0. The Labute approximate surface area is 115 Å². The van der Waals surface area contributed by atoms with Gasteiger partial charge in [0.05, 0.1) is 5.88 Å². The molecule has 1 nitrogen and oxygen atoms in total. The molecule has 0 fully saturated rings. The first-order valence-corrected chi connectivity index (χ1v) is 7.29. The van der Waals surface area contributed by atoms with Crippen molar-refractivity contribution in [2.24, 2.45) is 0 Å². The van der Waals surface area contributed by atoms with Crippen molar-refractivity contribution in [3.8, 4) is 0 Å². The van der Waals surface area contributed by atoms with Crippen LogP contribution in [-0.4, -0.2) is 12.6 Å². The average molecular weight is 272 g/mol. The molecular formula is C15H23ClFN. The van der Waals surface area contributed by atoms with Crippen molar-refractivity contribution in [2.75, 3.05) is 11.4 Å². The van der Waals surface area contributed by atoms with Gasteiger partial charge in [0.2, 0.25) is 0 Å². The summed E-state index contributed by atoms with van der Waals surface area (Å²) in [7, 11) is 0. The minimum atomic E-state index is -0.202. The lowest BCUT2D eigenvalue weighted by Gasteiger charge is -2.32. The zero-order valence-electron chi connectivity index (χ0n) is 11.5. The second-order valence-corrected chi connectivity index (χ2v) is 4.94. The van der Waals surface area contributed by atoms with E-state index in [0.29, 0.717) is 11.6 Å². The van der Waals surface area contributed by atoms with Crippen molar-refractivity contribution in [3.63, 3.8) is 0 Å². The lowest BCUT2D eigenvalue weighted by atomic mass is 10.1. The predicted octanol–water partition coefficient (Wildman–Crippen LogP) is 4.97. The molecule has 0 saturated heterocycles. The highest BCUT2D eigenvalue weighted by atomic mass is 35.5. The molecule has 0 aliphatic carbocycles. The lowest BCUT2D eigenvalue weighted by Crippen LogP contribution is -2.34. The van der Waals surface area contributed by atoms with Gasteiger partial charge in [-0.2, -0.15) is 0 Å². The largest absolute Gasteiger partial charge is 0.368 e. The molecule has 0 radical (unpaired) electrons. The first-order valence-electron chi connectivity index (χ1n) is 6.75. The minimum Gasteiger partial charge on any atom is -0.368 e. The highest BCUT2D eigenvalue weighted by Gasteiger charge is 2.17. The van der Waals surface area contributed by atoms with Crippen LogP contribution in [0.5, 0.6) is 0 Å². The fourth-order valence-electron chi connectivity index (χ4n) is 2.08. The number of nitrogens with zero attached hydrogens (tertiary/aromatic N) is 1. The zero-order chi connectivity index (χ0) is 13.5. The van der Waals surface area contributed by atoms with Gasteiger partial charge < -0.3 is 4.90 Å². The number of alkyl halides is 1. The van der Waals surface area contributed by atoms with Crippen LogP contribution in [0.1, 0.15) is 45.6 Å². The number of halogens is 2. The lowest BCUT2D eigenvalue weighted by molar-refractivity contribution is 0.583. The van der Waals surface area contributed by atoms with Crippen molar-refractivity contribution in [1.82, 2.24) is 0 Å². The van der Waals surface area contributed by atoms with Gasteiger partial charge in [-0.05, 0) is 31.9 Å². The highest BCUT2D eigenvalue weighted by Crippen LogP contribution is 2.27. The number of benzene rings is 1. The van der Waals surface area contributed by atoms with E-state index < -0.39 is 0 Å². The maximum atomic E-state index is 13.8. The van der Waals surface area contributed by atoms with Crippen molar-refractivity contribution in [2.45, 2.75) is 52.0 Å². The maximum Gasteiger partial charge on any atom is 0.129 e. The fraction of sp³-hybridized carbons (Fsp3) is 0.600. The van der Waals surface area contributed by atoms with Crippen LogP contribution in [-0.2, 0) is 5.88 Å². The summed E-state index contributed by atoms with van der Waals surface area (Å²) in [6, 6.07) is 5.63. The van der Waals surface area contributed by atoms with Gasteiger partial charge in [-0.25, -0.2) is 4.39 Å². The number of rotatable bonds is 7. The summed E-state index contributed by atoms with van der Waals surface area (Å²) in [5.74, 6) is 0.0217. The van der Waals surface area contributed by atoms with Gasteiger partial charge in [0.15, 0.2) is 0 Å². The molecule has 1 aromatic carbocycles. The van der Waals surface area contributed by atoms with E-state index in [9.17, 15) is 4.39 Å². The Hall–Kier alpha value is -0.760. The van der Waals surface area contributed by atoms with E-state index in [1.807, 2.05) is 6.07 Å². The smallest absolute Gasteiger partial charge is 0.129 e. The number of unbranched alkanes of at least 4 members (excludes halogenated alkanes) is 1. The summed E-state index contributed by atoms with van der Waals surface area (Å²) in [6.45, 7) is 7.46. The van der Waals surface area contributed by atoms with Crippen LogP contribution in [0.3, 0.4) is 0 Å². The molecule has 0 aliphatic heterocycles. The summed E-state index contributed by atoms with van der Waals surface area (Å²) in [5, 5.41) is 0. The molecule has 1 unspecified atom stereocenters. The summed E-state index contributed by atoms with van der Waals surface area (Å²) in [4.78, 5) is 2.28. The predicted molar refractivity (Wildman–Crippen MR) is 78.0 cm³/mol. The second-order valence-electron chi connectivity index (χ2n) is 4.68. The van der Waals surface area contributed by atoms with Crippen LogP contribution in [0.4, 0.5) is 10.1 Å².